The fourth-order valence-electron chi connectivity index (χ4n) is 1.85. The molecule has 0 aliphatic rings. The average Bonchev–Trinajstić information content (AvgIpc) is 2.83. The van der Waals surface area contributed by atoms with E-state index in [4.69, 9.17) is 0 Å². The molecule has 2 aromatic rings. The molecule has 0 aliphatic heterocycles. The minimum Gasteiger partial charge on any atom is -0.312 e. The van der Waals surface area contributed by atoms with E-state index in [1.165, 1.54) is 10.2 Å². The van der Waals surface area contributed by atoms with Gasteiger partial charge in [-0.05, 0) is 18.5 Å². The number of hydrogen-bond donors (Lipinski definition) is 1. The van der Waals surface area contributed by atoms with Crippen LogP contribution in [0.4, 0.5) is 8.78 Å². The van der Waals surface area contributed by atoms with Gasteiger partial charge in [0.05, 0.1) is 6.20 Å². The van der Waals surface area contributed by atoms with Gasteiger partial charge in [-0.2, -0.15) is 5.10 Å². The predicted molar refractivity (Wildman–Crippen MR) is 70.1 cm³/mol. The highest BCUT2D eigenvalue weighted by atomic mass is 19.3. The molecule has 0 amide bonds. The zero-order valence-corrected chi connectivity index (χ0v) is 10.6. The Balaban J connectivity index is 1.69. The number of rotatable bonds is 7. The molecule has 19 heavy (non-hydrogen) atoms. The van der Waals surface area contributed by atoms with Crippen molar-refractivity contribution in [3.8, 4) is 0 Å². The summed E-state index contributed by atoms with van der Waals surface area (Å²) in [4.78, 5) is 0. The standard InChI is InChI=1S/C14H17F2N3/c15-14(16)11-19-10-13(9-18-19)8-17-7-6-12-4-2-1-3-5-12/h1-5,9-10,14,17H,6-8,11H2. The smallest absolute Gasteiger partial charge is 0.257 e. The van der Waals surface area contributed by atoms with E-state index in [9.17, 15) is 8.78 Å². The number of halogens is 2. The topological polar surface area (TPSA) is 29.9 Å². The van der Waals surface area contributed by atoms with Crippen LogP contribution < -0.4 is 5.32 Å². The summed E-state index contributed by atoms with van der Waals surface area (Å²) in [6.45, 7) is 1.16. The molecule has 3 nitrogen and oxygen atoms in total. The zero-order chi connectivity index (χ0) is 13.5. The van der Waals surface area contributed by atoms with Crippen LogP contribution in [0.1, 0.15) is 11.1 Å². The second kappa shape index (κ2) is 6.99. The van der Waals surface area contributed by atoms with Crippen molar-refractivity contribution in [1.29, 1.82) is 0 Å². The fourth-order valence-corrected chi connectivity index (χ4v) is 1.85. The van der Waals surface area contributed by atoms with Gasteiger partial charge in [0.15, 0.2) is 0 Å². The molecule has 0 fully saturated rings. The van der Waals surface area contributed by atoms with Crippen molar-refractivity contribution in [3.05, 3.63) is 53.9 Å². The maximum absolute atomic E-state index is 12.1. The Morgan fingerprint density at radius 2 is 1.95 bits per heavy atom. The van der Waals surface area contributed by atoms with Crippen LogP contribution >= 0.6 is 0 Å². The second-order valence-electron chi connectivity index (χ2n) is 4.37. The molecule has 1 aromatic heterocycles. The Labute approximate surface area is 111 Å². The van der Waals surface area contributed by atoms with Crippen molar-refractivity contribution >= 4 is 0 Å². The maximum Gasteiger partial charge on any atom is 0.257 e. The molecule has 1 heterocycles. The first kappa shape index (κ1) is 13.7. The van der Waals surface area contributed by atoms with Gasteiger partial charge in [-0.1, -0.05) is 30.3 Å². The first-order valence-corrected chi connectivity index (χ1v) is 6.28. The number of benzene rings is 1. The van der Waals surface area contributed by atoms with Crippen LogP contribution in [0.3, 0.4) is 0 Å². The Kier molecular flexibility index (Phi) is 5.03. The van der Waals surface area contributed by atoms with Gasteiger partial charge >= 0.3 is 0 Å². The first-order valence-electron chi connectivity index (χ1n) is 6.28. The summed E-state index contributed by atoms with van der Waals surface area (Å²) in [6.07, 6.45) is 1.87. The summed E-state index contributed by atoms with van der Waals surface area (Å²) < 4.78 is 25.6. The molecule has 0 spiro atoms. The second-order valence-corrected chi connectivity index (χ2v) is 4.37. The van der Waals surface area contributed by atoms with Gasteiger partial charge in [0.2, 0.25) is 0 Å². The van der Waals surface area contributed by atoms with Gasteiger partial charge in [-0.3, -0.25) is 4.68 Å². The first-order chi connectivity index (χ1) is 9.24. The van der Waals surface area contributed by atoms with Gasteiger partial charge in [-0.25, -0.2) is 8.78 Å². The lowest BCUT2D eigenvalue weighted by atomic mass is 10.1. The van der Waals surface area contributed by atoms with Crippen LogP contribution in [0.5, 0.6) is 0 Å². The Bertz CT molecular complexity index is 482. The molecule has 0 radical (unpaired) electrons. The number of aromatic nitrogens is 2. The van der Waals surface area contributed by atoms with E-state index >= 15 is 0 Å². The van der Waals surface area contributed by atoms with Crippen molar-refractivity contribution < 1.29 is 8.78 Å². The molecule has 2 rings (SSSR count). The van der Waals surface area contributed by atoms with Gasteiger partial charge < -0.3 is 5.32 Å². The van der Waals surface area contributed by atoms with Crippen molar-refractivity contribution in [2.75, 3.05) is 6.54 Å². The van der Waals surface area contributed by atoms with Gasteiger partial charge in [0.1, 0.15) is 6.54 Å². The third-order valence-corrected chi connectivity index (χ3v) is 2.77. The van der Waals surface area contributed by atoms with Crippen molar-refractivity contribution in [2.45, 2.75) is 25.9 Å². The Morgan fingerprint density at radius 3 is 2.68 bits per heavy atom. The molecule has 0 unspecified atom stereocenters. The van der Waals surface area contributed by atoms with E-state index in [2.05, 4.69) is 22.5 Å². The number of hydrogen-bond acceptors (Lipinski definition) is 2. The lowest BCUT2D eigenvalue weighted by Gasteiger charge is -2.03. The summed E-state index contributed by atoms with van der Waals surface area (Å²) in [5.74, 6) is 0. The molecule has 102 valence electrons. The SMILES string of the molecule is FC(F)Cn1cc(CNCCc2ccccc2)cn1. The molecular weight excluding hydrogens is 248 g/mol. The fraction of sp³-hybridized carbons (Fsp3) is 0.357. The molecule has 0 saturated heterocycles. The summed E-state index contributed by atoms with van der Waals surface area (Å²) in [5.41, 5.74) is 2.21. The third-order valence-electron chi connectivity index (χ3n) is 2.77. The predicted octanol–water partition coefficient (Wildman–Crippen LogP) is 2.48. The summed E-state index contributed by atoms with van der Waals surface area (Å²) in [7, 11) is 0. The largest absolute Gasteiger partial charge is 0.312 e. The minimum absolute atomic E-state index is 0.343. The van der Waals surface area contributed by atoms with E-state index in [-0.39, 0.29) is 6.54 Å². The van der Waals surface area contributed by atoms with Crippen molar-refractivity contribution in [1.82, 2.24) is 15.1 Å². The molecule has 0 bridgehead atoms. The van der Waals surface area contributed by atoms with Gasteiger partial charge in [-0.15, -0.1) is 0 Å². The lowest BCUT2D eigenvalue weighted by molar-refractivity contribution is 0.122. The quantitative estimate of drug-likeness (QED) is 0.779. The zero-order valence-electron chi connectivity index (χ0n) is 10.6. The van der Waals surface area contributed by atoms with Crippen LogP contribution in [0.25, 0.3) is 0 Å². The van der Waals surface area contributed by atoms with Crippen LogP contribution in [0, 0.1) is 0 Å². The highest BCUT2D eigenvalue weighted by Crippen LogP contribution is 2.02. The van der Waals surface area contributed by atoms with Gasteiger partial charge in [0, 0.05) is 18.3 Å². The summed E-state index contributed by atoms with van der Waals surface area (Å²) >= 11 is 0. The minimum atomic E-state index is -2.36. The van der Waals surface area contributed by atoms with Crippen LogP contribution in [-0.2, 0) is 19.5 Å². The number of alkyl halides is 2. The molecule has 0 atom stereocenters. The maximum atomic E-state index is 12.1. The molecular formula is C14H17F2N3. The van der Waals surface area contributed by atoms with E-state index in [1.54, 1.807) is 12.4 Å². The normalized spacial score (nSPS) is 11.1. The summed E-state index contributed by atoms with van der Waals surface area (Å²) in [5, 5.41) is 7.17. The molecule has 1 N–H and O–H groups in total. The van der Waals surface area contributed by atoms with E-state index in [1.807, 2.05) is 18.2 Å². The van der Waals surface area contributed by atoms with Crippen molar-refractivity contribution in [2.24, 2.45) is 0 Å². The Hall–Kier alpha value is -1.75. The van der Waals surface area contributed by atoms with E-state index in [0.29, 0.717) is 6.54 Å². The molecule has 1 aromatic carbocycles. The van der Waals surface area contributed by atoms with E-state index in [0.717, 1.165) is 18.5 Å². The monoisotopic (exact) mass is 265 g/mol. The van der Waals surface area contributed by atoms with Crippen LogP contribution in [0.15, 0.2) is 42.7 Å². The number of nitrogens with zero attached hydrogens (tertiary/aromatic N) is 2. The van der Waals surface area contributed by atoms with Crippen LogP contribution in [0.2, 0.25) is 0 Å². The average molecular weight is 265 g/mol. The van der Waals surface area contributed by atoms with Crippen molar-refractivity contribution in [3.63, 3.8) is 0 Å². The van der Waals surface area contributed by atoms with Gasteiger partial charge in [0.25, 0.3) is 6.43 Å². The highest BCUT2D eigenvalue weighted by Gasteiger charge is 2.05. The highest BCUT2D eigenvalue weighted by molar-refractivity contribution is 5.14. The molecule has 5 heteroatoms. The molecule has 0 aliphatic carbocycles. The summed E-state index contributed by atoms with van der Waals surface area (Å²) in [6, 6.07) is 10.2. The Morgan fingerprint density at radius 1 is 1.16 bits per heavy atom. The van der Waals surface area contributed by atoms with Crippen LogP contribution in [-0.4, -0.2) is 22.8 Å². The lowest BCUT2D eigenvalue weighted by Crippen LogP contribution is -2.16. The third kappa shape index (κ3) is 4.79. The number of nitrogens with one attached hydrogen (secondary N) is 1. The molecule has 0 saturated carbocycles. The van der Waals surface area contributed by atoms with E-state index < -0.39 is 6.43 Å².